The van der Waals surface area contributed by atoms with Gasteiger partial charge in [0.1, 0.15) is 0 Å². The van der Waals surface area contributed by atoms with E-state index in [2.05, 4.69) is 26.1 Å². The first-order valence-corrected chi connectivity index (χ1v) is 6.01. The van der Waals surface area contributed by atoms with Crippen LogP contribution < -0.4 is 5.32 Å². The van der Waals surface area contributed by atoms with Gasteiger partial charge in [-0.05, 0) is 44.1 Å². The highest BCUT2D eigenvalue weighted by molar-refractivity contribution is 5.11. The van der Waals surface area contributed by atoms with Crippen LogP contribution in [0.5, 0.6) is 0 Å². The summed E-state index contributed by atoms with van der Waals surface area (Å²) in [6, 6.07) is 0.635. The molecule has 0 aromatic carbocycles. The van der Waals surface area contributed by atoms with Crippen molar-refractivity contribution < 1.29 is 4.74 Å². The molecule has 2 rings (SSSR count). The van der Waals surface area contributed by atoms with E-state index < -0.39 is 0 Å². The van der Waals surface area contributed by atoms with E-state index in [0.717, 1.165) is 12.5 Å². The van der Waals surface area contributed by atoms with E-state index in [4.69, 9.17) is 4.74 Å². The third-order valence-corrected chi connectivity index (χ3v) is 3.80. The van der Waals surface area contributed by atoms with Gasteiger partial charge in [-0.1, -0.05) is 13.8 Å². The molecule has 2 saturated carbocycles. The molecule has 2 aliphatic carbocycles. The molecule has 2 fully saturated rings. The van der Waals surface area contributed by atoms with Crippen LogP contribution in [0.25, 0.3) is 0 Å². The highest BCUT2D eigenvalue weighted by Gasteiger charge is 2.61. The van der Waals surface area contributed by atoms with Crippen molar-refractivity contribution in [2.24, 2.45) is 11.3 Å². The van der Waals surface area contributed by atoms with Gasteiger partial charge in [0.05, 0.1) is 6.10 Å². The molecular formula is C12H23NO. The van der Waals surface area contributed by atoms with Crippen molar-refractivity contribution in [3.05, 3.63) is 0 Å². The van der Waals surface area contributed by atoms with Crippen LogP contribution in [0, 0.1) is 11.3 Å². The van der Waals surface area contributed by atoms with E-state index in [0.29, 0.717) is 17.6 Å². The maximum atomic E-state index is 5.61. The lowest BCUT2D eigenvalue weighted by Crippen LogP contribution is -2.36. The fraction of sp³-hybridized carbons (Fsp3) is 1.00. The van der Waals surface area contributed by atoms with Gasteiger partial charge < -0.3 is 10.1 Å². The van der Waals surface area contributed by atoms with Crippen molar-refractivity contribution in [1.82, 2.24) is 5.32 Å². The minimum absolute atomic E-state index is 0.587. The van der Waals surface area contributed by atoms with Crippen LogP contribution in [-0.4, -0.2) is 25.3 Å². The Morgan fingerprint density at radius 1 is 1.36 bits per heavy atom. The molecule has 2 aliphatic rings. The van der Waals surface area contributed by atoms with E-state index in [1.807, 2.05) is 0 Å². The fourth-order valence-corrected chi connectivity index (χ4v) is 2.80. The molecule has 0 saturated heterocycles. The maximum absolute atomic E-state index is 5.61. The van der Waals surface area contributed by atoms with Crippen LogP contribution in [-0.2, 0) is 4.74 Å². The predicted molar refractivity (Wildman–Crippen MR) is 58.3 cm³/mol. The van der Waals surface area contributed by atoms with E-state index in [-0.39, 0.29) is 0 Å². The fourth-order valence-electron chi connectivity index (χ4n) is 2.80. The van der Waals surface area contributed by atoms with Crippen molar-refractivity contribution in [3.63, 3.8) is 0 Å². The van der Waals surface area contributed by atoms with Gasteiger partial charge in [0.25, 0.3) is 0 Å². The first kappa shape index (κ1) is 10.4. The van der Waals surface area contributed by atoms with E-state index in [9.17, 15) is 0 Å². The van der Waals surface area contributed by atoms with Crippen molar-refractivity contribution >= 4 is 0 Å². The Bertz CT molecular complexity index is 196. The average molecular weight is 197 g/mol. The molecule has 1 N–H and O–H groups in total. The smallest absolute Gasteiger partial charge is 0.0585 e. The minimum atomic E-state index is 0.587. The lowest BCUT2D eigenvalue weighted by Gasteiger charge is -2.36. The van der Waals surface area contributed by atoms with Crippen molar-refractivity contribution in [2.75, 3.05) is 13.2 Å². The second-order valence-corrected chi connectivity index (χ2v) is 5.31. The van der Waals surface area contributed by atoms with E-state index in [1.54, 1.807) is 0 Å². The van der Waals surface area contributed by atoms with Crippen LogP contribution in [0.3, 0.4) is 0 Å². The molecule has 2 nitrogen and oxygen atoms in total. The summed E-state index contributed by atoms with van der Waals surface area (Å²) in [6.45, 7) is 8.64. The van der Waals surface area contributed by atoms with Gasteiger partial charge in [0.15, 0.2) is 0 Å². The van der Waals surface area contributed by atoms with Crippen LogP contribution in [0.15, 0.2) is 0 Å². The molecule has 1 unspecified atom stereocenters. The second-order valence-electron chi connectivity index (χ2n) is 5.31. The molecule has 0 amide bonds. The van der Waals surface area contributed by atoms with Crippen molar-refractivity contribution in [1.29, 1.82) is 0 Å². The summed E-state index contributed by atoms with van der Waals surface area (Å²) in [7, 11) is 0. The van der Waals surface area contributed by atoms with E-state index >= 15 is 0 Å². The van der Waals surface area contributed by atoms with E-state index in [1.165, 1.54) is 25.8 Å². The highest BCUT2D eigenvalue weighted by atomic mass is 16.5. The SMILES string of the molecule is CCOC1CC2(C1)CC2CNC(C)C. The second kappa shape index (κ2) is 3.82. The Kier molecular flexibility index (Phi) is 2.85. The highest BCUT2D eigenvalue weighted by Crippen LogP contribution is 2.65. The lowest BCUT2D eigenvalue weighted by atomic mass is 9.77. The van der Waals surface area contributed by atoms with Crippen molar-refractivity contribution in [2.45, 2.75) is 52.2 Å². The zero-order valence-electron chi connectivity index (χ0n) is 9.68. The molecule has 0 radical (unpaired) electrons. The summed E-state index contributed by atoms with van der Waals surface area (Å²) >= 11 is 0. The summed E-state index contributed by atoms with van der Waals surface area (Å²) in [5, 5.41) is 3.54. The molecular weight excluding hydrogens is 174 g/mol. The largest absolute Gasteiger partial charge is 0.378 e. The summed E-state index contributed by atoms with van der Waals surface area (Å²) in [6.07, 6.45) is 4.68. The standard InChI is InChI=1S/C12H23NO/c1-4-14-11-6-12(7-11)5-10(12)8-13-9(2)3/h9-11,13H,4-8H2,1-3H3. The summed E-state index contributed by atoms with van der Waals surface area (Å²) in [5.41, 5.74) is 0.710. The Morgan fingerprint density at radius 3 is 2.64 bits per heavy atom. The Hall–Kier alpha value is -0.0800. The number of ether oxygens (including phenoxy) is 1. The zero-order chi connectivity index (χ0) is 10.2. The van der Waals surface area contributed by atoms with Gasteiger partial charge in [-0.25, -0.2) is 0 Å². The Labute approximate surface area is 87.4 Å². The number of rotatable bonds is 5. The molecule has 1 atom stereocenters. The quantitative estimate of drug-likeness (QED) is 0.729. The van der Waals surface area contributed by atoms with Gasteiger partial charge in [0, 0.05) is 12.6 Å². The first-order valence-electron chi connectivity index (χ1n) is 6.01. The maximum Gasteiger partial charge on any atom is 0.0585 e. The molecule has 0 aliphatic heterocycles. The van der Waals surface area contributed by atoms with Crippen molar-refractivity contribution in [3.8, 4) is 0 Å². The predicted octanol–water partition coefficient (Wildman–Crippen LogP) is 2.19. The van der Waals surface area contributed by atoms with Gasteiger partial charge in [-0.2, -0.15) is 0 Å². The number of nitrogens with one attached hydrogen (secondary N) is 1. The molecule has 82 valence electrons. The molecule has 14 heavy (non-hydrogen) atoms. The third kappa shape index (κ3) is 1.96. The van der Waals surface area contributed by atoms with Gasteiger partial charge in [0.2, 0.25) is 0 Å². The van der Waals surface area contributed by atoms with Crippen LogP contribution >= 0.6 is 0 Å². The van der Waals surface area contributed by atoms with Crippen LogP contribution in [0.1, 0.15) is 40.0 Å². The topological polar surface area (TPSA) is 21.3 Å². The molecule has 1 spiro atoms. The van der Waals surface area contributed by atoms with Crippen LogP contribution in [0.4, 0.5) is 0 Å². The van der Waals surface area contributed by atoms with Crippen LogP contribution in [0.2, 0.25) is 0 Å². The molecule has 2 heteroatoms. The third-order valence-electron chi connectivity index (χ3n) is 3.80. The van der Waals surface area contributed by atoms with Gasteiger partial charge in [-0.15, -0.1) is 0 Å². The molecule has 0 bridgehead atoms. The molecule has 0 aromatic rings. The monoisotopic (exact) mass is 197 g/mol. The first-order chi connectivity index (χ1) is 6.66. The molecule has 0 heterocycles. The minimum Gasteiger partial charge on any atom is -0.378 e. The Morgan fingerprint density at radius 2 is 2.07 bits per heavy atom. The summed E-state index contributed by atoms with van der Waals surface area (Å²) in [4.78, 5) is 0. The number of hydrogen-bond donors (Lipinski definition) is 1. The summed E-state index contributed by atoms with van der Waals surface area (Å²) in [5.74, 6) is 0.946. The normalized spacial score (nSPS) is 40.3. The Balaban J connectivity index is 1.63. The average Bonchev–Trinajstić information content (AvgIpc) is 2.75. The number of hydrogen-bond acceptors (Lipinski definition) is 2. The molecule has 0 aromatic heterocycles. The van der Waals surface area contributed by atoms with Gasteiger partial charge in [-0.3, -0.25) is 0 Å². The van der Waals surface area contributed by atoms with Gasteiger partial charge >= 0.3 is 0 Å². The summed E-state index contributed by atoms with van der Waals surface area (Å²) < 4.78 is 5.61. The zero-order valence-corrected chi connectivity index (χ0v) is 9.68. The lowest BCUT2D eigenvalue weighted by molar-refractivity contribution is -0.0401.